The molecular formula is C55H51FN4O5S2. The summed E-state index contributed by atoms with van der Waals surface area (Å²) in [4.78, 5) is 52.7. The Morgan fingerprint density at radius 3 is 1.88 bits per heavy atom. The number of aliphatic hydroxyl groups excluding tert-OH is 1. The van der Waals surface area contributed by atoms with E-state index in [-0.39, 0.29) is 19.5 Å². The summed E-state index contributed by atoms with van der Waals surface area (Å²) in [5.74, 6) is -1.47. The van der Waals surface area contributed by atoms with Gasteiger partial charge in [-0.15, -0.1) is 23.1 Å². The van der Waals surface area contributed by atoms with Crippen LogP contribution in [0, 0.1) is 12.7 Å². The lowest BCUT2D eigenvalue weighted by atomic mass is 9.84. The summed E-state index contributed by atoms with van der Waals surface area (Å²) < 4.78 is 19.9. The van der Waals surface area contributed by atoms with E-state index in [0.29, 0.717) is 11.1 Å². The van der Waals surface area contributed by atoms with Crippen molar-refractivity contribution in [2.24, 2.45) is 0 Å². The molecule has 67 heavy (non-hydrogen) atoms. The second kappa shape index (κ2) is 18.9. The highest BCUT2D eigenvalue weighted by atomic mass is 32.2. The summed E-state index contributed by atoms with van der Waals surface area (Å²) >= 11 is 2.89. The first-order valence-corrected chi connectivity index (χ1v) is 24.0. The Morgan fingerprint density at radius 1 is 0.821 bits per heavy atom. The van der Waals surface area contributed by atoms with Crippen LogP contribution in [0.3, 0.4) is 0 Å². The first kappa shape index (κ1) is 45.6. The molecule has 2 N–H and O–H groups in total. The third-order valence-electron chi connectivity index (χ3n) is 12.9. The fourth-order valence-corrected chi connectivity index (χ4v) is 12.5. The Balaban J connectivity index is 1.08. The molecule has 0 bridgehead atoms. The zero-order valence-corrected chi connectivity index (χ0v) is 39.3. The van der Waals surface area contributed by atoms with Crippen molar-refractivity contribution < 1.29 is 28.6 Å². The molecule has 340 valence electrons. The van der Waals surface area contributed by atoms with Gasteiger partial charge < -0.3 is 20.1 Å². The highest BCUT2D eigenvalue weighted by Gasteiger charge is 2.53. The third kappa shape index (κ3) is 8.77. The number of carbonyl (C=O) groups excluding carboxylic acids is 3. The third-order valence-corrected chi connectivity index (χ3v) is 15.6. The van der Waals surface area contributed by atoms with Crippen molar-refractivity contribution in [3.63, 3.8) is 0 Å². The molecule has 2 heterocycles. The summed E-state index contributed by atoms with van der Waals surface area (Å²) in [6.45, 7) is 5.57. The number of ether oxygens (including phenoxy) is 1. The number of hydrogen-bond acceptors (Lipinski definition) is 8. The van der Waals surface area contributed by atoms with Crippen LogP contribution in [0.1, 0.15) is 65.4 Å². The van der Waals surface area contributed by atoms with Crippen LogP contribution in [0.25, 0.3) is 21.6 Å². The minimum atomic E-state index is -1.25. The molecule has 7 aromatic rings. The Hall–Kier alpha value is -6.60. The Kier molecular flexibility index (Phi) is 12.9. The summed E-state index contributed by atoms with van der Waals surface area (Å²) in [7, 11) is 1.57. The number of rotatable bonds is 13. The van der Waals surface area contributed by atoms with Gasteiger partial charge in [0, 0.05) is 48.0 Å². The van der Waals surface area contributed by atoms with Gasteiger partial charge in [0.15, 0.2) is 6.10 Å². The fraction of sp³-hybridized carbons (Fsp3) is 0.236. The number of benzene rings is 6. The number of hydrogen-bond donors (Lipinski definition) is 2. The molecule has 3 amide bonds. The van der Waals surface area contributed by atoms with Gasteiger partial charge in [-0.05, 0) is 60.2 Å². The van der Waals surface area contributed by atoms with Gasteiger partial charge in [-0.1, -0.05) is 152 Å². The summed E-state index contributed by atoms with van der Waals surface area (Å²) in [5, 5.41) is 14.1. The maximum Gasteiger partial charge on any atom is 0.411 e. The van der Waals surface area contributed by atoms with Crippen molar-refractivity contribution in [2.75, 3.05) is 13.6 Å². The largest absolute Gasteiger partial charge is 0.436 e. The summed E-state index contributed by atoms with van der Waals surface area (Å²) in [6, 6.07) is 48.4. The van der Waals surface area contributed by atoms with Crippen molar-refractivity contribution in [1.82, 2.24) is 20.1 Å². The van der Waals surface area contributed by atoms with Crippen LogP contribution in [0.4, 0.5) is 9.18 Å². The van der Waals surface area contributed by atoms with E-state index in [1.54, 1.807) is 24.7 Å². The van der Waals surface area contributed by atoms with E-state index in [2.05, 4.69) is 46.7 Å². The fourth-order valence-electron chi connectivity index (χ4n) is 9.78. The number of carbonyl (C=O) groups is 3. The molecule has 2 aliphatic rings. The number of likely N-dealkylation sites (tertiary alicyclic amines) is 1. The van der Waals surface area contributed by atoms with Gasteiger partial charge in [0.25, 0.3) is 0 Å². The minimum Gasteiger partial charge on any atom is -0.436 e. The highest BCUT2D eigenvalue weighted by molar-refractivity contribution is 8.02. The zero-order chi connectivity index (χ0) is 46.9. The first-order chi connectivity index (χ1) is 32.4. The van der Waals surface area contributed by atoms with Gasteiger partial charge in [0.1, 0.15) is 17.9 Å². The van der Waals surface area contributed by atoms with Gasteiger partial charge in [-0.25, -0.2) is 14.2 Å². The Bertz CT molecular complexity index is 2770. The molecule has 0 unspecified atom stereocenters. The Morgan fingerprint density at radius 2 is 1.36 bits per heavy atom. The molecule has 12 heteroatoms. The predicted molar refractivity (Wildman–Crippen MR) is 263 cm³/mol. The van der Waals surface area contributed by atoms with Crippen LogP contribution >= 0.6 is 23.1 Å². The van der Waals surface area contributed by atoms with Gasteiger partial charge in [0.2, 0.25) is 11.8 Å². The second-order valence-corrected chi connectivity index (χ2v) is 20.4. The molecule has 0 spiro atoms. The molecule has 3 atom stereocenters. The van der Waals surface area contributed by atoms with Crippen LogP contribution in [-0.2, 0) is 25.6 Å². The van der Waals surface area contributed by atoms with E-state index in [1.165, 1.54) is 39.0 Å². The summed E-state index contributed by atoms with van der Waals surface area (Å²) in [5.41, 5.74) is 9.85. The van der Waals surface area contributed by atoms with E-state index in [9.17, 15) is 14.7 Å². The molecule has 1 fully saturated rings. The van der Waals surface area contributed by atoms with Gasteiger partial charge >= 0.3 is 6.09 Å². The van der Waals surface area contributed by atoms with Crippen LogP contribution < -0.4 is 5.32 Å². The maximum atomic E-state index is 15.7. The lowest BCUT2D eigenvalue weighted by Crippen LogP contribution is -2.61. The number of aryl methyl sites for hydroxylation is 1. The number of β-amino-alcohol motifs (C(OH)–C–C–N with tert-alkyl or cyclic N) is 1. The Labute approximate surface area is 398 Å². The van der Waals surface area contributed by atoms with Crippen molar-refractivity contribution >= 4 is 41.0 Å². The number of aromatic nitrogens is 1. The molecule has 1 aliphatic heterocycles. The number of fused-ring (bicyclic) bond motifs is 3. The molecule has 0 saturated carbocycles. The van der Waals surface area contributed by atoms with Crippen LogP contribution in [0.15, 0.2) is 163 Å². The molecule has 1 aromatic heterocycles. The van der Waals surface area contributed by atoms with Gasteiger partial charge in [-0.3, -0.25) is 14.5 Å². The number of thiazole rings is 1. The van der Waals surface area contributed by atoms with E-state index >= 15 is 9.18 Å². The van der Waals surface area contributed by atoms with E-state index in [0.717, 1.165) is 49.5 Å². The number of aliphatic hydroxyl groups is 1. The van der Waals surface area contributed by atoms with Gasteiger partial charge in [-0.2, -0.15) is 0 Å². The number of nitrogens with zero attached hydrogens (tertiary/aromatic N) is 3. The average Bonchev–Trinajstić information content (AvgIpc) is 4.05. The SMILES string of the molecule is Cc1ncsc1-c1ccc(CNC(=O)[C@@H]2C[C@@H](O)CN2C(=O)[C@@H](N(C)C(=O)OC2c3ccccc3-c3ccccc32)C(C)(C)SC(c2ccccc2)(c2ccccc2)c2ccccc2)cc1F. The van der Waals surface area contributed by atoms with Crippen molar-refractivity contribution in [3.05, 3.63) is 208 Å². The molecule has 1 saturated heterocycles. The number of nitrogens with one attached hydrogen (secondary N) is 1. The predicted octanol–water partition coefficient (Wildman–Crippen LogP) is 10.5. The molecule has 6 aromatic carbocycles. The molecule has 9 nitrogen and oxygen atoms in total. The number of likely N-dealkylation sites (N-methyl/N-ethyl adjacent to an activating group) is 1. The number of amides is 3. The molecule has 0 radical (unpaired) electrons. The average molecular weight is 931 g/mol. The first-order valence-electron chi connectivity index (χ1n) is 22.3. The van der Waals surface area contributed by atoms with Crippen LogP contribution in [-0.4, -0.2) is 74.3 Å². The quantitative estimate of drug-likeness (QED) is 0.111. The molecule has 1 aliphatic carbocycles. The molecular weight excluding hydrogens is 880 g/mol. The smallest absolute Gasteiger partial charge is 0.411 e. The van der Waals surface area contributed by atoms with Crippen molar-refractivity contribution in [1.29, 1.82) is 0 Å². The number of halogens is 1. The minimum absolute atomic E-state index is 0.0125. The topological polar surface area (TPSA) is 112 Å². The van der Waals surface area contributed by atoms with E-state index < -0.39 is 57.5 Å². The van der Waals surface area contributed by atoms with Crippen LogP contribution in [0.2, 0.25) is 0 Å². The maximum absolute atomic E-state index is 15.7. The van der Waals surface area contributed by atoms with E-state index in [1.807, 2.05) is 124 Å². The highest BCUT2D eigenvalue weighted by Crippen LogP contribution is 2.55. The monoisotopic (exact) mass is 930 g/mol. The van der Waals surface area contributed by atoms with Crippen molar-refractivity contribution in [2.45, 2.75) is 67.5 Å². The van der Waals surface area contributed by atoms with Gasteiger partial charge in [0.05, 0.1) is 26.9 Å². The molecule has 9 rings (SSSR count). The second-order valence-electron chi connectivity index (χ2n) is 17.6. The van der Waals surface area contributed by atoms with Crippen LogP contribution in [0.5, 0.6) is 0 Å². The van der Waals surface area contributed by atoms with Crippen molar-refractivity contribution in [3.8, 4) is 21.6 Å². The summed E-state index contributed by atoms with van der Waals surface area (Å²) in [6.07, 6.45) is -2.51. The number of thioether (sulfide) groups is 1. The standard InChI is InChI=1S/C55H51FN4O5S2/c1-35-49(66-34-58-35)45-29-28-36(30-46(45)56)32-57-51(62)47-31-40(61)33-60(47)52(63)50(59(4)53(64)65-48-43-26-16-14-24-41(43)42-25-15-17-27-44(42)48)54(2,3)67-55(37-18-8-5-9-19-37,38-20-10-6-11-21-38)39-22-12-7-13-23-39/h5-30,34,40,47-48,50,61H,31-33H2,1-4H3,(H,57,62)/t40-,47+,50-/m1/s1. The van der Waals surface area contributed by atoms with E-state index in [4.69, 9.17) is 4.74 Å². The lowest BCUT2D eigenvalue weighted by molar-refractivity contribution is -0.143. The normalized spacial score (nSPS) is 16.2. The lowest BCUT2D eigenvalue weighted by Gasteiger charge is -2.47. The zero-order valence-electron chi connectivity index (χ0n) is 37.6.